The SMILES string of the molecule is COCC(=O)N1CCCCCCCN(Cc2ccc(OC)c(OC)c2)Cc2cc(-c3cncnc3)ccc21. The van der Waals surface area contributed by atoms with E-state index in [-0.39, 0.29) is 12.5 Å². The van der Waals surface area contributed by atoms with Gasteiger partial charge in [0.15, 0.2) is 11.5 Å². The number of benzene rings is 2. The minimum absolute atomic E-state index is 0.0203. The second kappa shape index (κ2) is 13.9. The molecule has 0 fully saturated rings. The molecule has 0 radical (unpaired) electrons. The van der Waals surface area contributed by atoms with Crippen molar-refractivity contribution in [2.45, 2.75) is 45.2 Å². The summed E-state index contributed by atoms with van der Waals surface area (Å²) in [4.78, 5) is 25.9. The van der Waals surface area contributed by atoms with Gasteiger partial charge in [-0.1, -0.05) is 31.4 Å². The van der Waals surface area contributed by atoms with Crippen molar-refractivity contribution in [2.24, 2.45) is 0 Å². The molecule has 202 valence electrons. The van der Waals surface area contributed by atoms with Gasteiger partial charge in [0, 0.05) is 50.4 Å². The lowest BCUT2D eigenvalue weighted by Crippen LogP contribution is -2.36. The Hall–Kier alpha value is -3.49. The fourth-order valence-electron chi connectivity index (χ4n) is 5.01. The summed E-state index contributed by atoms with van der Waals surface area (Å²) < 4.78 is 16.2. The third-order valence-corrected chi connectivity index (χ3v) is 6.94. The molecule has 38 heavy (non-hydrogen) atoms. The molecule has 0 bridgehead atoms. The molecule has 1 aliphatic rings. The number of rotatable bonds is 7. The predicted octanol–water partition coefficient (Wildman–Crippen LogP) is 5.11. The molecule has 0 saturated carbocycles. The second-order valence-corrected chi connectivity index (χ2v) is 9.62. The van der Waals surface area contributed by atoms with E-state index >= 15 is 0 Å². The van der Waals surface area contributed by atoms with Gasteiger partial charge in [0.1, 0.15) is 12.9 Å². The first-order valence-electron chi connectivity index (χ1n) is 13.2. The Morgan fingerprint density at radius 2 is 1.58 bits per heavy atom. The van der Waals surface area contributed by atoms with E-state index in [9.17, 15) is 4.79 Å². The molecule has 8 heteroatoms. The maximum atomic E-state index is 13.2. The van der Waals surface area contributed by atoms with E-state index < -0.39 is 0 Å². The fraction of sp³-hybridized carbons (Fsp3) is 0.433. The van der Waals surface area contributed by atoms with E-state index in [2.05, 4.69) is 39.1 Å². The number of fused-ring (bicyclic) bond motifs is 1. The average molecular weight is 519 g/mol. The summed E-state index contributed by atoms with van der Waals surface area (Å²) in [6, 6.07) is 12.4. The summed E-state index contributed by atoms with van der Waals surface area (Å²) in [6.45, 7) is 3.15. The summed E-state index contributed by atoms with van der Waals surface area (Å²) in [5.41, 5.74) is 5.16. The Balaban J connectivity index is 1.72. The van der Waals surface area contributed by atoms with Crippen LogP contribution in [0.4, 0.5) is 5.69 Å². The normalized spacial score (nSPS) is 15.2. The number of ether oxygens (including phenoxy) is 3. The van der Waals surface area contributed by atoms with Crippen molar-refractivity contribution in [3.05, 3.63) is 66.2 Å². The number of anilines is 1. The number of amides is 1. The zero-order valence-electron chi connectivity index (χ0n) is 22.7. The number of carbonyl (C=O) groups excluding carboxylic acids is 1. The molecule has 8 nitrogen and oxygen atoms in total. The molecule has 0 unspecified atom stereocenters. The number of methoxy groups -OCH3 is 3. The summed E-state index contributed by atoms with van der Waals surface area (Å²) in [6.07, 6.45) is 10.7. The Morgan fingerprint density at radius 1 is 0.842 bits per heavy atom. The van der Waals surface area contributed by atoms with Crippen LogP contribution in [0.2, 0.25) is 0 Å². The Kier molecular flexibility index (Phi) is 10.1. The summed E-state index contributed by atoms with van der Waals surface area (Å²) in [5, 5.41) is 0. The molecular formula is C30H38N4O4. The second-order valence-electron chi connectivity index (χ2n) is 9.62. The van der Waals surface area contributed by atoms with Crippen molar-refractivity contribution < 1.29 is 19.0 Å². The van der Waals surface area contributed by atoms with E-state index in [0.29, 0.717) is 13.1 Å². The molecule has 0 spiro atoms. The lowest BCUT2D eigenvalue weighted by atomic mass is 10.0. The van der Waals surface area contributed by atoms with Crippen molar-refractivity contribution in [1.82, 2.24) is 14.9 Å². The van der Waals surface area contributed by atoms with Crippen molar-refractivity contribution in [1.29, 1.82) is 0 Å². The first kappa shape index (κ1) is 27.5. The van der Waals surface area contributed by atoms with Crippen molar-refractivity contribution in [2.75, 3.05) is 45.9 Å². The molecule has 0 saturated heterocycles. The highest BCUT2D eigenvalue weighted by molar-refractivity contribution is 5.95. The summed E-state index contributed by atoms with van der Waals surface area (Å²) in [5.74, 6) is 1.42. The van der Waals surface area contributed by atoms with Crippen LogP contribution in [0, 0.1) is 0 Å². The van der Waals surface area contributed by atoms with Crippen molar-refractivity contribution in [3.63, 3.8) is 0 Å². The van der Waals surface area contributed by atoms with Crippen LogP contribution in [0.15, 0.2) is 55.1 Å². The molecule has 2 heterocycles. The highest BCUT2D eigenvalue weighted by Gasteiger charge is 2.21. The smallest absolute Gasteiger partial charge is 0.252 e. The van der Waals surface area contributed by atoms with E-state index in [1.54, 1.807) is 21.3 Å². The number of hydrogen-bond acceptors (Lipinski definition) is 7. The van der Waals surface area contributed by atoms with E-state index in [0.717, 1.165) is 78.2 Å². The standard InChI is InChI=1S/C30H38N4O4/c1-36-21-30(35)34-14-8-6-4-5-7-13-33(19-23-9-12-28(37-2)29(15-23)38-3)20-25-16-24(10-11-27(25)34)26-17-31-22-32-18-26/h9-12,15-18,22H,4-8,13-14,19-21H2,1-3H3. The van der Waals surface area contributed by atoms with Crippen LogP contribution in [0.1, 0.15) is 43.2 Å². The van der Waals surface area contributed by atoms with E-state index in [1.807, 2.05) is 29.4 Å². The van der Waals surface area contributed by atoms with Gasteiger partial charge >= 0.3 is 0 Å². The zero-order chi connectivity index (χ0) is 26.7. The average Bonchev–Trinajstić information content (AvgIpc) is 2.94. The van der Waals surface area contributed by atoms with Crippen LogP contribution in [-0.4, -0.2) is 61.8 Å². The minimum Gasteiger partial charge on any atom is -0.493 e. The van der Waals surface area contributed by atoms with Crippen LogP contribution in [0.3, 0.4) is 0 Å². The van der Waals surface area contributed by atoms with Gasteiger partial charge in [0.05, 0.1) is 14.2 Å². The van der Waals surface area contributed by atoms with Crippen molar-refractivity contribution >= 4 is 11.6 Å². The molecule has 1 aromatic heterocycles. The van der Waals surface area contributed by atoms with Crippen LogP contribution in [-0.2, 0) is 22.6 Å². The third kappa shape index (κ3) is 7.08. The highest BCUT2D eigenvalue weighted by Crippen LogP contribution is 2.31. The van der Waals surface area contributed by atoms with Crippen LogP contribution < -0.4 is 14.4 Å². The monoisotopic (exact) mass is 518 g/mol. The lowest BCUT2D eigenvalue weighted by molar-refractivity contribution is -0.122. The molecule has 0 atom stereocenters. The Bertz CT molecular complexity index is 1190. The van der Waals surface area contributed by atoms with Gasteiger partial charge < -0.3 is 19.1 Å². The largest absolute Gasteiger partial charge is 0.493 e. The fourth-order valence-corrected chi connectivity index (χ4v) is 5.01. The van der Waals surface area contributed by atoms with Gasteiger partial charge in [0.2, 0.25) is 0 Å². The quantitative estimate of drug-likeness (QED) is 0.430. The maximum absolute atomic E-state index is 13.2. The molecule has 1 amide bonds. The first-order chi connectivity index (χ1) is 18.6. The highest BCUT2D eigenvalue weighted by atomic mass is 16.5. The van der Waals surface area contributed by atoms with Gasteiger partial charge in [-0.3, -0.25) is 9.69 Å². The van der Waals surface area contributed by atoms with E-state index in [1.165, 1.54) is 12.7 Å². The summed E-state index contributed by atoms with van der Waals surface area (Å²) in [7, 11) is 4.88. The topological polar surface area (TPSA) is 77.0 Å². The van der Waals surface area contributed by atoms with Gasteiger partial charge in [-0.25, -0.2) is 9.97 Å². The Labute approximate surface area is 225 Å². The third-order valence-electron chi connectivity index (χ3n) is 6.94. The molecular weight excluding hydrogens is 480 g/mol. The first-order valence-corrected chi connectivity index (χ1v) is 13.2. The minimum atomic E-state index is -0.0203. The number of nitrogens with zero attached hydrogens (tertiary/aromatic N) is 4. The zero-order valence-corrected chi connectivity index (χ0v) is 22.7. The molecule has 4 rings (SSSR count). The van der Waals surface area contributed by atoms with Gasteiger partial charge in [-0.05, 0) is 60.3 Å². The molecule has 1 aliphatic heterocycles. The molecule has 0 N–H and O–H groups in total. The van der Waals surface area contributed by atoms with Crippen LogP contribution in [0.5, 0.6) is 11.5 Å². The Morgan fingerprint density at radius 3 is 2.32 bits per heavy atom. The lowest BCUT2D eigenvalue weighted by Gasteiger charge is -2.30. The van der Waals surface area contributed by atoms with Crippen LogP contribution >= 0.6 is 0 Å². The molecule has 0 aliphatic carbocycles. The van der Waals surface area contributed by atoms with E-state index in [4.69, 9.17) is 14.2 Å². The predicted molar refractivity (Wildman–Crippen MR) is 148 cm³/mol. The van der Waals surface area contributed by atoms with Gasteiger partial charge in [0.25, 0.3) is 5.91 Å². The maximum Gasteiger partial charge on any atom is 0.252 e. The number of hydrogen-bond donors (Lipinski definition) is 0. The number of aromatic nitrogens is 2. The van der Waals surface area contributed by atoms with Crippen molar-refractivity contribution in [3.8, 4) is 22.6 Å². The molecule has 3 aromatic rings. The van der Waals surface area contributed by atoms with Gasteiger partial charge in [-0.15, -0.1) is 0 Å². The van der Waals surface area contributed by atoms with Crippen LogP contribution in [0.25, 0.3) is 11.1 Å². The van der Waals surface area contributed by atoms with Gasteiger partial charge in [-0.2, -0.15) is 0 Å². The number of carbonyl (C=O) groups is 1. The summed E-state index contributed by atoms with van der Waals surface area (Å²) >= 11 is 0. The molecule has 2 aromatic carbocycles.